The van der Waals surface area contributed by atoms with Crippen molar-refractivity contribution in [1.29, 1.82) is 0 Å². The van der Waals surface area contributed by atoms with Gasteiger partial charge in [-0.3, -0.25) is 0 Å². The molecule has 0 amide bonds. The summed E-state index contributed by atoms with van der Waals surface area (Å²) in [6.45, 7) is 21.0. The first-order valence-corrected chi connectivity index (χ1v) is 17.0. The predicted molar refractivity (Wildman–Crippen MR) is 123 cm³/mol. The first-order chi connectivity index (χ1) is 11.8. The van der Waals surface area contributed by atoms with Crippen molar-refractivity contribution in [1.82, 2.24) is 0 Å². The van der Waals surface area contributed by atoms with Crippen molar-refractivity contribution < 1.29 is 9.53 Å². The van der Waals surface area contributed by atoms with Crippen molar-refractivity contribution >= 4 is 16.4 Å². The number of aliphatic hydroxyl groups is 1. The first kappa shape index (κ1) is 25.8. The number of hydrogen-bond donors (Lipinski definition) is 1. The summed E-state index contributed by atoms with van der Waals surface area (Å²) in [4.78, 5) is 0. The number of rotatable bonds is 12. The van der Waals surface area contributed by atoms with Crippen molar-refractivity contribution in [2.45, 2.75) is 110 Å². The van der Waals surface area contributed by atoms with E-state index in [1.54, 1.807) is 5.57 Å². The highest BCUT2D eigenvalue weighted by atomic mass is 28.4. The molecule has 0 radical (unpaired) electrons. The molecule has 1 N–H and O–H groups in total. The number of hydrogen-bond acceptors (Lipinski definition) is 2. The summed E-state index contributed by atoms with van der Waals surface area (Å²) < 4.78 is 6.12. The van der Waals surface area contributed by atoms with Crippen molar-refractivity contribution in [3.63, 3.8) is 0 Å². The summed E-state index contributed by atoms with van der Waals surface area (Å²) in [5.41, 5.74) is 4.09. The molecule has 0 aromatic rings. The highest BCUT2D eigenvalue weighted by molar-refractivity contribution is 6.81. The van der Waals surface area contributed by atoms with Crippen LogP contribution in [0.5, 0.6) is 0 Å². The van der Waals surface area contributed by atoms with Crippen LogP contribution in [0.1, 0.15) is 66.2 Å². The Morgan fingerprint density at radius 3 is 2.15 bits per heavy atom. The standard InChI is InChI=1S/C22H46O2Si2/c1-10-11-12-13-15-20(19-25(5,6)7)16-14-17-21(23)18-24-26(8,9)22(2,3)4/h14,17,19,21,23H,10-13,15-16,18H2,1-9H3/b17-14+,20-19+. The minimum Gasteiger partial charge on any atom is -0.414 e. The molecule has 0 fully saturated rings. The van der Waals surface area contributed by atoms with Gasteiger partial charge in [-0.1, -0.05) is 90.0 Å². The Morgan fingerprint density at radius 1 is 1.04 bits per heavy atom. The van der Waals surface area contributed by atoms with Crippen LogP contribution in [-0.2, 0) is 4.43 Å². The van der Waals surface area contributed by atoms with Gasteiger partial charge in [-0.2, -0.15) is 0 Å². The molecule has 1 atom stereocenters. The largest absolute Gasteiger partial charge is 0.414 e. The van der Waals surface area contributed by atoms with Crippen LogP contribution in [0.3, 0.4) is 0 Å². The minimum absolute atomic E-state index is 0.183. The van der Waals surface area contributed by atoms with Crippen LogP contribution in [0.2, 0.25) is 37.8 Å². The molecule has 0 aliphatic carbocycles. The fourth-order valence-corrected chi connectivity index (χ4v) is 5.07. The zero-order chi connectivity index (χ0) is 20.4. The van der Waals surface area contributed by atoms with Gasteiger partial charge in [-0.15, -0.1) is 0 Å². The van der Waals surface area contributed by atoms with E-state index >= 15 is 0 Å². The van der Waals surface area contributed by atoms with E-state index in [9.17, 15) is 5.11 Å². The molecule has 0 heterocycles. The van der Waals surface area contributed by atoms with Crippen molar-refractivity contribution in [3.8, 4) is 0 Å². The normalized spacial score (nSPS) is 15.7. The number of aliphatic hydroxyl groups excluding tert-OH is 1. The molecule has 4 heteroatoms. The Hall–Kier alpha value is -0.166. The highest BCUT2D eigenvalue weighted by Gasteiger charge is 2.37. The molecule has 154 valence electrons. The maximum absolute atomic E-state index is 10.3. The Balaban J connectivity index is 4.58. The van der Waals surface area contributed by atoms with Crippen molar-refractivity contribution in [3.05, 3.63) is 23.4 Å². The number of allylic oxidation sites excluding steroid dienone is 2. The zero-order valence-corrected chi connectivity index (χ0v) is 21.1. The molecule has 0 aromatic carbocycles. The second-order valence-corrected chi connectivity index (χ2v) is 20.1. The zero-order valence-electron chi connectivity index (χ0n) is 19.1. The van der Waals surface area contributed by atoms with Crippen molar-refractivity contribution in [2.24, 2.45) is 0 Å². The van der Waals surface area contributed by atoms with Crippen LogP contribution >= 0.6 is 0 Å². The maximum Gasteiger partial charge on any atom is 0.192 e. The molecule has 0 aromatic heterocycles. The lowest BCUT2D eigenvalue weighted by atomic mass is 10.0. The summed E-state index contributed by atoms with van der Waals surface area (Å²) in [5.74, 6) is 0. The maximum atomic E-state index is 10.3. The van der Waals surface area contributed by atoms with Crippen molar-refractivity contribution in [2.75, 3.05) is 6.61 Å². The van der Waals surface area contributed by atoms with E-state index in [0.29, 0.717) is 6.61 Å². The predicted octanol–water partition coefficient (Wildman–Crippen LogP) is 7.09. The Labute approximate surface area is 166 Å². The van der Waals surface area contributed by atoms with Gasteiger partial charge in [-0.05, 0) is 37.4 Å². The van der Waals surface area contributed by atoms with Crippen LogP contribution in [0.15, 0.2) is 23.4 Å². The molecule has 0 saturated heterocycles. The van der Waals surface area contributed by atoms with Crippen LogP contribution in [0.25, 0.3) is 0 Å². The van der Waals surface area contributed by atoms with Gasteiger partial charge >= 0.3 is 0 Å². The summed E-state index contributed by atoms with van der Waals surface area (Å²) in [7, 11) is -2.99. The van der Waals surface area contributed by atoms with Crippen LogP contribution in [-0.4, -0.2) is 34.2 Å². The third-order valence-corrected chi connectivity index (χ3v) is 10.9. The van der Waals surface area contributed by atoms with Crippen LogP contribution < -0.4 is 0 Å². The Bertz CT molecular complexity index is 440. The van der Waals surface area contributed by atoms with E-state index in [1.165, 1.54) is 32.1 Å². The second kappa shape index (κ2) is 11.6. The van der Waals surface area contributed by atoms with Gasteiger partial charge in [0.1, 0.15) is 0 Å². The van der Waals surface area contributed by atoms with Crippen LogP contribution in [0, 0.1) is 0 Å². The van der Waals surface area contributed by atoms with E-state index in [2.05, 4.69) is 72.2 Å². The lowest BCUT2D eigenvalue weighted by Crippen LogP contribution is -2.42. The molecule has 0 saturated carbocycles. The molecule has 1 unspecified atom stereocenters. The van der Waals surface area contributed by atoms with Gasteiger partial charge in [0.15, 0.2) is 8.32 Å². The monoisotopic (exact) mass is 398 g/mol. The smallest absolute Gasteiger partial charge is 0.192 e. The molecule has 0 rings (SSSR count). The topological polar surface area (TPSA) is 29.5 Å². The summed E-state index contributed by atoms with van der Waals surface area (Å²) in [5, 5.41) is 10.5. The minimum atomic E-state index is -1.79. The van der Waals surface area contributed by atoms with E-state index in [1.807, 2.05) is 6.08 Å². The third kappa shape index (κ3) is 12.3. The quantitative estimate of drug-likeness (QED) is 0.216. The van der Waals surface area contributed by atoms with E-state index in [0.717, 1.165) is 6.42 Å². The molecular formula is C22H46O2Si2. The third-order valence-electron chi connectivity index (χ3n) is 5.15. The lowest BCUT2D eigenvalue weighted by Gasteiger charge is -2.36. The molecular weight excluding hydrogens is 352 g/mol. The SMILES string of the molecule is CCCCCC/C(=C\[Si](C)(C)C)C/C=C/C(O)CO[Si](C)(C)C(C)(C)C. The van der Waals surface area contributed by atoms with E-state index < -0.39 is 22.5 Å². The molecule has 0 aliphatic heterocycles. The Morgan fingerprint density at radius 2 is 1.65 bits per heavy atom. The first-order valence-electron chi connectivity index (χ1n) is 10.5. The molecule has 0 bridgehead atoms. The van der Waals surface area contributed by atoms with Gasteiger partial charge in [0.05, 0.1) is 20.8 Å². The summed E-state index contributed by atoms with van der Waals surface area (Å²) in [6.07, 6.45) is 11.0. The number of unbranched alkanes of at least 4 members (excludes halogenated alkanes) is 3. The van der Waals surface area contributed by atoms with Gasteiger partial charge in [0.2, 0.25) is 0 Å². The van der Waals surface area contributed by atoms with Crippen LogP contribution in [0.4, 0.5) is 0 Å². The van der Waals surface area contributed by atoms with E-state index in [-0.39, 0.29) is 5.04 Å². The fraction of sp³-hybridized carbons (Fsp3) is 0.818. The highest BCUT2D eigenvalue weighted by Crippen LogP contribution is 2.36. The van der Waals surface area contributed by atoms with Gasteiger partial charge in [0, 0.05) is 0 Å². The second-order valence-electron chi connectivity index (χ2n) is 10.3. The van der Waals surface area contributed by atoms with Gasteiger partial charge < -0.3 is 9.53 Å². The van der Waals surface area contributed by atoms with E-state index in [4.69, 9.17) is 4.43 Å². The summed E-state index contributed by atoms with van der Waals surface area (Å²) in [6, 6.07) is 0. The van der Waals surface area contributed by atoms with Gasteiger partial charge in [-0.25, -0.2) is 0 Å². The lowest BCUT2D eigenvalue weighted by molar-refractivity contribution is 0.135. The molecule has 0 aliphatic rings. The molecule has 26 heavy (non-hydrogen) atoms. The average Bonchev–Trinajstić information content (AvgIpc) is 2.46. The molecule has 2 nitrogen and oxygen atoms in total. The summed E-state index contributed by atoms with van der Waals surface area (Å²) >= 11 is 0. The fourth-order valence-electron chi connectivity index (χ4n) is 2.57. The van der Waals surface area contributed by atoms with Gasteiger partial charge in [0.25, 0.3) is 0 Å². The average molecular weight is 399 g/mol. The Kier molecular flexibility index (Phi) is 11.6. The molecule has 0 spiro atoms.